The summed E-state index contributed by atoms with van der Waals surface area (Å²) in [5, 5.41) is 12.1. The standard InChI is InChI=1S/C15H21BrN2O2/c1-18(12-8-6-11(10-19)7-9-12)15(20)17-14-5-3-2-4-13(14)16/h2-5,11-12,19H,6-10H2,1H3,(H,17,20). The van der Waals surface area contributed by atoms with Gasteiger partial charge >= 0.3 is 6.03 Å². The molecule has 110 valence electrons. The molecule has 0 bridgehead atoms. The maximum absolute atomic E-state index is 12.3. The summed E-state index contributed by atoms with van der Waals surface area (Å²) in [5.74, 6) is 0.408. The molecule has 1 aromatic rings. The lowest BCUT2D eigenvalue weighted by atomic mass is 9.86. The molecule has 0 spiro atoms. The Bertz CT molecular complexity index is 459. The Balaban J connectivity index is 1.91. The molecule has 0 aliphatic heterocycles. The van der Waals surface area contributed by atoms with Gasteiger partial charge < -0.3 is 15.3 Å². The zero-order chi connectivity index (χ0) is 14.5. The van der Waals surface area contributed by atoms with E-state index in [1.54, 1.807) is 4.90 Å². The van der Waals surface area contributed by atoms with E-state index in [4.69, 9.17) is 5.11 Å². The lowest BCUT2D eigenvalue weighted by Gasteiger charge is -2.34. The third-order valence-corrected chi connectivity index (χ3v) is 4.75. The van der Waals surface area contributed by atoms with Gasteiger partial charge in [0.15, 0.2) is 0 Å². The number of halogens is 1. The van der Waals surface area contributed by atoms with Crippen LogP contribution in [0, 0.1) is 5.92 Å². The van der Waals surface area contributed by atoms with Crippen LogP contribution >= 0.6 is 15.9 Å². The predicted molar refractivity (Wildman–Crippen MR) is 83.8 cm³/mol. The topological polar surface area (TPSA) is 52.6 Å². The first-order valence-electron chi connectivity index (χ1n) is 7.01. The Morgan fingerprint density at radius 1 is 1.35 bits per heavy atom. The normalized spacial score (nSPS) is 22.4. The smallest absolute Gasteiger partial charge is 0.321 e. The highest BCUT2D eigenvalue weighted by Crippen LogP contribution is 2.27. The quantitative estimate of drug-likeness (QED) is 0.885. The molecule has 2 amide bonds. The monoisotopic (exact) mass is 340 g/mol. The zero-order valence-corrected chi connectivity index (χ0v) is 13.3. The minimum Gasteiger partial charge on any atom is -0.396 e. The lowest BCUT2D eigenvalue weighted by molar-refractivity contribution is 0.139. The van der Waals surface area contributed by atoms with E-state index in [2.05, 4.69) is 21.2 Å². The van der Waals surface area contributed by atoms with Crippen molar-refractivity contribution in [3.05, 3.63) is 28.7 Å². The number of rotatable bonds is 3. The number of nitrogens with zero attached hydrogens (tertiary/aromatic N) is 1. The number of hydrogen-bond acceptors (Lipinski definition) is 2. The second-order valence-corrected chi connectivity index (χ2v) is 6.23. The zero-order valence-electron chi connectivity index (χ0n) is 11.7. The van der Waals surface area contributed by atoms with E-state index in [-0.39, 0.29) is 18.7 Å². The van der Waals surface area contributed by atoms with Gasteiger partial charge in [-0.1, -0.05) is 12.1 Å². The second-order valence-electron chi connectivity index (χ2n) is 5.38. The van der Waals surface area contributed by atoms with Gasteiger partial charge in [0.25, 0.3) is 0 Å². The van der Waals surface area contributed by atoms with Crippen LogP contribution in [0.4, 0.5) is 10.5 Å². The number of aliphatic hydroxyl groups excluding tert-OH is 1. The molecule has 4 nitrogen and oxygen atoms in total. The van der Waals surface area contributed by atoms with Crippen LogP contribution < -0.4 is 5.32 Å². The predicted octanol–water partition coefficient (Wildman–Crippen LogP) is 3.46. The van der Waals surface area contributed by atoms with E-state index < -0.39 is 0 Å². The summed E-state index contributed by atoms with van der Waals surface area (Å²) >= 11 is 3.43. The minimum atomic E-state index is -0.0793. The van der Waals surface area contributed by atoms with Crippen molar-refractivity contribution in [3.63, 3.8) is 0 Å². The van der Waals surface area contributed by atoms with Crippen LogP contribution in [0.25, 0.3) is 0 Å². The maximum Gasteiger partial charge on any atom is 0.321 e. The minimum absolute atomic E-state index is 0.0793. The summed E-state index contributed by atoms with van der Waals surface area (Å²) in [5.41, 5.74) is 0.786. The number of amides is 2. The summed E-state index contributed by atoms with van der Waals surface area (Å²) in [6, 6.07) is 7.78. The van der Waals surface area contributed by atoms with Gasteiger partial charge in [0, 0.05) is 24.2 Å². The van der Waals surface area contributed by atoms with E-state index in [0.717, 1.165) is 35.8 Å². The molecule has 1 fully saturated rings. The van der Waals surface area contributed by atoms with Gasteiger partial charge in [0.2, 0.25) is 0 Å². The van der Waals surface area contributed by atoms with Gasteiger partial charge in [-0.05, 0) is 59.7 Å². The molecule has 5 heteroatoms. The second kappa shape index (κ2) is 7.09. The molecular weight excluding hydrogens is 320 g/mol. The van der Waals surface area contributed by atoms with E-state index >= 15 is 0 Å². The van der Waals surface area contributed by atoms with Crippen LogP contribution in [0.15, 0.2) is 28.7 Å². The van der Waals surface area contributed by atoms with Crippen molar-refractivity contribution < 1.29 is 9.90 Å². The maximum atomic E-state index is 12.3. The fraction of sp³-hybridized carbons (Fsp3) is 0.533. The van der Waals surface area contributed by atoms with Gasteiger partial charge in [-0.25, -0.2) is 4.79 Å². The molecular formula is C15H21BrN2O2. The van der Waals surface area contributed by atoms with E-state index in [1.807, 2.05) is 31.3 Å². The Kier molecular flexibility index (Phi) is 5.43. The van der Waals surface area contributed by atoms with Gasteiger partial charge in [-0.3, -0.25) is 0 Å². The molecule has 20 heavy (non-hydrogen) atoms. The van der Waals surface area contributed by atoms with Gasteiger partial charge in [0.05, 0.1) is 5.69 Å². The number of aliphatic hydroxyl groups is 1. The fourth-order valence-electron chi connectivity index (χ4n) is 2.65. The first-order chi connectivity index (χ1) is 9.61. The Morgan fingerprint density at radius 3 is 2.60 bits per heavy atom. The van der Waals surface area contributed by atoms with E-state index in [0.29, 0.717) is 5.92 Å². The van der Waals surface area contributed by atoms with Crippen LogP contribution in [0.2, 0.25) is 0 Å². The number of anilines is 1. The van der Waals surface area contributed by atoms with Gasteiger partial charge in [-0.2, -0.15) is 0 Å². The molecule has 0 atom stereocenters. The average molecular weight is 341 g/mol. The summed E-state index contributed by atoms with van der Waals surface area (Å²) in [7, 11) is 1.84. The van der Waals surface area contributed by atoms with Crippen LogP contribution in [-0.4, -0.2) is 35.7 Å². The van der Waals surface area contributed by atoms with Crippen LogP contribution in [0.5, 0.6) is 0 Å². The third kappa shape index (κ3) is 3.73. The number of para-hydroxylation sites is 1. The van der Waals surface area contributed by atoms with Crippen molar-refractivity contribution in [1.29, 1.82) is 0 Å². The first-order valence-corrected chi connectivity index (χ1v) is 7.80. The highest BCUT2D eigenvalue weighted by Gasteiger charge is 2.26. The summed E-state index contributed by atoms with van der Waals surface area (Å²) in [4.78, 5) is 14.0. The van der Waals surface area contributed by atoms with Crippen molar-refractivity contribution in [2.24, 2.45) is 5.92 Å². The third-order valence-electron chi connectivity index (χ3n) is 4.06. The summed E-state index contributed by atoms with van der Waals surface area (Å²) in [6.07, 6.45) is 3.91. The molecule has 0 unspecified atom stereocenters. The molecule has 2 rings (SSSR count). The molecule has 1 aliphatic rings. The number of carbonyl (C=O) groups is 1. The number of carbonyl (C=O) groups excluding carboxylic acids is 1. The first kappa shape index (κ1) is 15.3. The Labute approximate surface area is 128 Å². The molecule has 0 aromatic heterocycles. The van der Waals surface area contributed by atoms with Gasteiger partial charge in [0.1, 0.15) is 0 Å². The number of benzene rings is 1. The fourth-order valence-corrected chi connectivity index (χ4v) is 3.03. The molecule has 0 heterocycles. The van der Waals surface area contributed by atoms with Crippen molar-refractivity contribution in [2.45, 2.75) is 31.7 Å². The summed E-state index contributed by atoms with van der Waals surface area (Å²) in [6.45, 7) is 0.263. The number of hydrogen-bond donors (Lipinski definition) is 2. The van der Waals surface area contributed by atoms with Crippen molar-refractivity contribution in [3.8, 4) is 0 Å². The SMILES string of the molecule is CN(C(=O)Nc1ccccc1Br)C1CCC(CO)CC1. The molecule has 0 saturated heterocycles. The molecule has 1 aromatic carbocycles. The molecule has 2 N–H and O–H groups in total. The summed E-state index contributed by atoms with van der Waals surface area (Å²) < 4.78 is 0.880. The van der Waals surface area contributed by atoms with E-state index in [9.17, 15) is 4.79 Å². The van der Waals surface area contributed by atoms with Crippen molar-refractivity contribution in [1.82, 2.24) is 4.90 Å². The van der Waals surface area contributed by atoms with Crippen LogP contribution in [-0.2, 0) is 0 Å². The molecule has 1 saturated carbocycles. The highest BCUT2D eigenvalue weighted by molar-refractivity contribution is 9.10. The largest absolute Gasteiger partial charge is 0.396 e. The van der Waals surface area contributed by atoms with E-state index in [1.165, 1.54) is 0 Å². The molecule has 1 aliphatic carbocycles. The Hall–Kier alpha value is -1.07. The van der Waals surface area contributed by atoms with Crippen LogP contribution in [0.3, 0.4) is 0 Å². The number of nitrogens with one attached hydrogen (secondary N) is 1. The van der Waals surface area contributed by atoms with Gasteiger partial charge in [-0.15, -0.1) is 0 Å². The van der Waals surface area contributed by atoms with Crippen LogP contribution in [0.1, 0.15) is 25.7 Å². The highest BCUT2D eigenvalue weighted by atomic mass is 79.9. The number of urea groups is 1. The average Bonchev–Trinajstić information content (AvgIpc) is 2.49. The lowest BCUT2D eigenvalue weighted by Crippen LogP contribution is -2.42. The Morgan fingerprint density at radius 2 is 2.00 bits per heavy atom. The molecule has 0 radical (unpaired) electrons. The van der Waals surface area contributed by atoms with Crippen molar-refractivity contribution >= 4 is 27.6 Å². The van der Waals surface area contributed by atoms with Crippen molar-refractivity contribution in [2.75, 3.05) is 19.0 Å².